The number of anilines is 2. The molecule has 0 saturated heterocycles. The van der Waals surface area contributed by atoms with Crippen molar-refractivity contribution in [2.75, 3.05) is 22.8 Å². The Labute approximate surface area is 249 Å². The Balaban J connectivity index is 1.36. The molecule has 0 aliphatic heterocycles. The molecule has 11 heteroatoms. The number of halogens is 1. The summed E-state index contributed by atoms with van der Waals surface area (Å²) in [7, 11) is -4.03. The number of hydrogen-bond donors (Lipinski definition) is 2. The molecule has 4 aromatic rings. The van der Waals surface area contributed by atoms with Crippen LogP contribution in [0, 0.1) is 13.8 Å². The number of hydrazone groups is 1. The maximum atomic E-state index is 13.5. The summed E-state index contributed by atoms with van der Waals surface area (Å²) >= 11 is 5.93. The minimum atomic E-state index is -4.03. The van der Waals surface area contributed by atoms with Crippen LogP contribution in [0.15, 0.2) is 107 Å². The van der Waals surface area contributed by atoms with Crippen molar-refractivity contribution in [3.63, 3.8) is 0 Å². The summed E-state index contributed by atoms with van der Waals surface area (Å²) in [6.45, 7) is 3.04. The van der Waals surface area contributed by atoms with Crippen LogP contribution < -0.4 is 19.8 Å². The smallest absolute Gasteiger partial charge is 0.264 e. The number of benzene rings is 4. The van der Waals surface area contributed by atoms with E-state index >= 15 is 0 Å². The van der Waals surface area contributed by atoms with Crippen molar-refractivity contribution in [2.45, 2.75) is 18.7 Å². The van der Waals surface area contributed by atoms with Crippen LogP contribution in [0.4, 0.5) is 11.4 Å². The van der Waals surface area contributed by atoms with Crippen molar-refractivity contribution < 1.29 is 22.7 Å². The average Bonchev–Trinajstić information content (AvgIpc) is 2.96. The molecule has 4 rings (SSSR count). The second-order valence-corrected chi connectivity index (χ2v) is 11.6. The quantitative estimate of drug-likeness (QED) is 0.177. The number of carbonyl (C=O) groups excluding carboxylic acids is 2. The Morgan fingerprint density at radius 2 is 1.64 bits per heavy atom. The summed E-state index contributed by atoms with van der Waals surface area (Å²) in [5.74, 6) is -0.487. The zero-order valence-corrected chi connectivity index (χ0v) is 24.5. The first kappa shape index (κ1) is 30.3. The lowest BCUT2D eigenvalue weighted by Crippen LogP contribution is -2.40. The third-order valence-corrected chi connectivity index (χ3v) is 8.01. The third-order valence-electron chi connectivity index (χ3n) is 6.00. The van der Waals surface area contributed by atoms with E-state index < -0.39 is 22.5 Å². The Bertz CT molecular complexity index is 1690. The van der Waals surface area contributed by atoms with E-state index in [9.17, 15) is 18.0 Å². The zero-order chi connectivity index (χ0) is 30.1. The van der Waals surface area contributed by atoms with Gasteiger partial charge in [-0.1, -0.05) is 53.6 Å². The van der Waals surface area contributed by atoms with E-state index in [0.717, 1.165) is 15.4 Å². The number of sulfonamides is 1. The molecule has 0 unspecified atom stereocenters. The number of aryl methyl sites for hydroxylation is 2. The first-order valence-electron chi connectivity index (χ1n) is 12.9. The molecule has 2 N–H and O–H groups in total. The first-order chi connectivity index (χ1) is 20.1. The molecule has 0 spiro atoms. The van der Waals surface area contributed by atoms with Crippen molar-refractivity contribution in [2.24, 2.45) is 5.10 Å². The normalized spacial score (nSPS) is 11.2. The summed E-state index contributed by atoms with van der Waals surface area (Å²) < 4.78 is 33.6. The Morgan fingerprint density at radius 3 is 2.33 bits per heavy atom. The fourth-order valence-electron chi connectivity index (χ4n) is 4.01. The predicted molar refractivity (Wildman–Crippen MR) is 165 cm³/mol. The summed E-state index contributed by atoms with van der Waals surface area (Å²) in [5.41, 5.74) is 5.71. The Morgan fingerprint density at radius 1 is 0.905 bits per heavy atom. The number of carbonyl (C=O) groups is 2. The number of ether oxygens (including phenoxy) is 1. The molecule has 42 heavy (non-hydrogen) atoms. The first-order valence-corrected chi connectivity index (χ1v) is 14.7. The van der Waals surface area contributed by atoms with Crippen molar-refractivity contribution >= 4 is 51.0 Å². The highest BCUT2D eigenvalue weighted by Gasteiger charge is 2.28. The van der Waals surface area contributed by atoms with Gasteiger partial charge in [0, 0.05) is 10.7 Å². The van der Waals surface area contributed by atoms with Gasteiger partial charge in [-0.05, 0) is 85.6 Å². The second kappa shape index (κ2) is 13.8. The molecule has 0 aliphatic rings. The molecule has 0 fully saturated rings. The zero-order valence-electron chi connectivity index (χ0n) is 23.0. The van der Waals surface area contributed by atoms with Gasteiger partial charge in [0.1, 0.15) is 12.3 Å². The highest BCUT2D eigenvalue weighted by atomic mass is 35.5. The van der Waals surface area contributed by atoms with Gasteiger partial charge in [-0.2, -0.15) is 5.10 Å². The molecule has 0 aliphatic carbocycles. The molecule has 0 atom stereocenters. The van der Waals surface area contributed by atoms with Gasteiger partial charge in [-0.15, -0.1) is 0 Å². The standard InChI is InChI=1S/C31H29ClN4O5S/c1-22-11-16-29(23(2)17-22)36(42(39,40)28-9-4-3-5-10-28)20-30(37)35-33-19-24-12-14-27(15-13-24)41-21-31(38)34-26-8-6-7-25(32)18-26/h3-19H,20-21H2,1-2H3,(H,34,38)(H,35,37)/b33-19-. The number of nitrogens with zero attached hydrogens (tertiary/aromatic N) is 2. The molecule has 216 valence electrons. The van der Waals surface area contributed by atoms with E-state index in [1.807, 2.05) is 13.0 Å². The topological polar surface area (TPSA) is 117 Å². The molecule has 0 radical (unpaired) electrons. The minimum absolute atomic E-state index is 0.0746. The highest BCUT2D eigenvalue weighted by Crippen LogP contribution is 2.27. The van der Waals surface area contributed by atoms with Crippen LogP contribution in [0.3, 0.4) is 0 Å². The summed E-state index contributed by atoms with van der Waals surface area (Å²) in [4.78, 5) is 25.0. The number of amides is 2. The van der Waals surface area contributed by atoms with Crippen LogP contribution in [-0.2, 0) is 19.6 Å². The molecule has 0 aromatic heterocycles. The molecule has 2 amide bonds. The summed E-state index contributed by atoms with van der Waals surface area (Å²) in [5, 5.41) is 7.19. The van der Waals surface area contributed by atoms with Gasteiger partial charge in [0.2, 0.25) is 0 Å². The van der Waals surface area contributed by atoms with E-state index in [4.69, 9.17) is 16.3 Å². The van der Waals surface area contributed by atoms with Gasteiger partial charge in [0.05, 0.1) is 16.8 Å². The molecule has 9 nitrogen and oxygen atoms in total. The summed E-state index contributed by atoms with van der Waals surface area (Å²) in [6, 6.07) is 26.8. The van der Waals surface area contributed by atoms with Crippen molar-refractivity contribution in [1.82, 2.24) is 5.43 Å². The van der Waals surface area contributed by atoms with Gasteiger partial charge in [-0.25, -0.2) is 13.8 Å². The molecule has 0 heterocycles. The molecule has 0 saturated carbocycles. The predicted octanol–water partition coefficient (Wildman–Crippen LogP) is 5.32. The van der Waals surface area contributed by atoms with Crippen molar-refractivity contribution in [3.05, 3.63) is 119 Å². The van der Waals surface area contributed by atoms with E-state index in [0.29, 0.717) is 27.7 Å². The van der Waals surface area contributed by atoms with Gasteiger partial charge < -0.3 is 10.1 Å². The highest BCUT2D eigenvalue weighted by molar-refractivity contribution is 7.92. The average molecular weight is 605 g/mol. The lowest BCUT2D eigenvalue weighted by molar-refractivity contribution is -0.119. The largest absolute Gasteiger partial charge is 0.484 e. The lowest BCUT2D eigenvalue weighted by atomic mass is 10.1. The number of rotatable bonds is 11. The van der Waals surface area contributed by atoms with E-state index in [1.165, 1.54) is 18.3 Å². The fourth-order valence-corrected chi connectivity index (χ4v) is 5.71. The Hall–Kier alpha value is -4.67. The maximum absolute atomic E-state index is 13.5. The lowest BCUT2D eigenvalue weighted by Gasteiger charge is -2.25. The molecular formula is C31H29ClN4O5S. The van der Waals surface area contributed by atoms with Crippen LogP contribution in [0.1, 0.15) is 16.7 Å². The molecular weight excluding hydrogens is 576 g/mol. The van der Waals surface area contributed by atoms with E-state index in [2.05, 4.69) is 15.8 Å². The van der Waals surface area contributed by atoms with Crippen LogP contribution in [0.25, 0.3) is 0 Å². The van der Waals surface area contributed by atoms with Crippen LogP contribution in [-0.4, -0.2) is 39.6 Å². The maximum Gasteiger partial charge on any atom is 0.264 e. The van der Waals surface area contributed by atoms with Crippen molar-refractivity contribution in [1.29, 1.82) is 0 Å². The van der Waals surface area contributed by atoms with Crippen LogP contribution in [0.2, 0.25) is 5.02 Å². The van der Waals surface area contributed by atoms with E-state index in [1.54, 1.807) is 85.8 Å². The molecule has 4 aromatic carbocycles. The van der Waals surface area contributed by atoms with Gasteiger partial charge in [0.15, 0.2) is 6.61 Å². The van der Waals surface area contributed by atoms with E-state index in [-0.39, 0.29) is 17.4 Å². The SMILES string of the molecule is Cc1ccc(N(CC(=O)N/N=C\c2ccc(OCC(=O)Nc3cccc(Cl)c3)cc2)S(=O)(=O)c2ccccc2)c(C)c1. The monoisotopic (exact) mass is 604 g/mol. The number of nitrogens with one attached hydrogen (secondary N) is 2. The third kappa shape index (κ3) is 8.18. The van der Waals surface area contributed by atoms with Crippen molar-refractivity contribution in [3.8, 4) is 5.75 Å². The summed E-state index contributed by atoms with van der Waals surface area (Å²) in [6.07, 6.45) is 1.42. The number of hydrogen-bond acceptors (Lipinski definition) is 6. The van der Waals surface area contributed by atoms with Gasteiger partial charge in [0.25, 0.3) is 21.8 Å². The second-order valence-electron chi connectivity index (χ2n) is 9.32. The van der Waals surface area contributed by atoms with Crippen LogP contribution in [0.5, 0.6) is 5.75 Å². The van der Waals surface area contributed by atoms with Gasteiger partial charge in [-0.3, -0.25) is 13.9 Å². The van der Waals surface area contributed by atoms with Crippen LogP contribution >= 0.6 is 11.6 Å². The molecule has 0 bridgehead atoms. The van der Waals surface area contributed by atoms with Gasteiger partial charge >= 0.3 is 0 Å². The fraction of sp³-hybridized carbons (Fsp3) is 0.129. The Kier molecular flexibility index (Phi) is 9.95. The minimum Gasteiger partial charge on any atom is -0.484 e.